The number of carboxylic acid groups (broad SMARTS) is 2. The Kier molecular flexibility index (Phi) is 7.01. The van der Waals surface area contributed by atoms with E-state index in [0.717, 1.165) is 7.11 Å². The molecule has 0 radical (unpaired) electrons. The fraction of sp³-hybridized carbons (Fsp3) is 0.667. The molecule has 0 saturated carbocycles. The summed E-state index contributed by atoms with van der Waals surface area (Å²) in [6, 6.07) is -1.54. The van der Waals surface area contributed by atoms with Crippen LogP contribution < -0.4 is 4.72 Å². The summed E-state index contributed by atoms with van der Waals surface area (Å²) in [7, 11) is -2.91. The van der Waals surface area contributed by atoms with Crippen molar-refractivity contribution in [2.45, 2.75) is 25.3 Å². The number of carbonyl (C=O) groups excluding carboxylic acids is 1. The molecule has 0 fully saturated rings. The molecular formula is C9H15NO8S. The van der Waals surface area contributed by atoms with Crippen LogP contribution in [0.15, 0.2) is 0 Å². The Morgan fingerprint density at radius 1 is 1.21 bits per heavy atom. The molecule has 0 rings (SSSR count). The van der Waals surface area contributed by atoms with E-state index in [-0.39, 0.29) is 6.42 Å². The third-order valence-corrected chi connectivity index (χ3v) is 3.45. The molecule has 10 heteroatoms. The first-order chi connectivity index (χ1) is 8.68. The second kappa shape index (κ2) is 7.69. The summed E-state index contributed by atoms with van der Waals surface area (Å²) in [4.78, 5) is 31.9. The summed E-state index contributed by atoms with van der Waals surface area (Å²) < 4.78 is 29.0. The van der Waals surface area contributed by atoms with E-state index in [4.69, 9.17) is 10.2 Å². The molecule has 0 aliphatic heterocycles. The summed E-state index contributed by atoms with van der Waals surface area (Å²) >= 11 is 0. The average molecular weight is 297 g/mol. The van der Waals surface area contributed by atoms with Crippen molar-refractivity contribution in [3.63, 3.8) is 0 Å². The van der Waals surface area contributed by atoms with Crippen molar-refractivity contribution in [3.8, 4) is 0 Å². The molecule has 0 aromatic heterocycles. The fourth-order valence-electron chi connectivity index (χ4n) is 1.10. The topological polar surface area (TPSA) is 147 Å². The molecule has 3 N–H and O–H groups in total. The minimum Gasteiger partial charge on any atom is -0.481 e. The molecule has 0 aromatic carbocycles. The number of nitrogens with one attached hydrogen (secondary N) is 1. The number of aliphatic carboxylic acids is 2. The van der Waals surface area contributed by atoms with Gasteiger partial charge in [-0.25, -0.2) is 13.1 Å². The SMILES string of the molecule is COC(=O)CCS(=O)(=O)NC(CCC(=O)O)C(=O)O. The van der Waals surface area contributed by atoms with Crippen molar-refractivity contribution >= 4 is 27.9 Å². The number of hydrogen-bond acceptors (Lipinski definition) is 6. The predicted octanol–water partition coefficient (Wildman–Crippen LogP) is -1.21. The number of esters is 1. The molecule has 110 valence electrons. The number of methoxy groups -OCH3 is 1. The van der Waals surface area contributed by atoms with Gasteiger partial charge in [0.05, 0.1) is 19.3 Å². The monoisotopic (exact) mass is 297 g/mol. The van der Waals surface area contributed by atoms with Crippen LogP contribution in [0.25, 0.3) is 0 Å². The van der Waals surface area contributed by atoms with Crippen LogP contribution in [-0.4, -0.2) is 55.4 Å². The lowest BCUT2D eigenvalue weighted by molar-refractivity contribution is -0.141. The zero-order valence-electron chi connectivity index (χ0n) is 10.2. The zero-order chi connectivity index (χ0) is 15.1. The molecule has 0 spiro atoms. The molecule has 0 aliphatic rings. The van der Waals surface area contributed by atoms with Gasteiger partial charge in [-0.1, -0.05) is 0 Å². The van der Waals surface area contributed by atoms with E-state index in [2.05, 4.69) is 4.74 Å². The van der Waals surface area contributed by atoms with Crippen molar-refractivity contribution in [1.82, 2.24) is 4.72 Å². The molecule has 9 nitrogen and oxygen atoms in total. The van der Waals surface area contributed by atoms with Crippen LogP contribution in [0.2, 0.25) is 0 Å². The Morgan fingerprint density at radius 3 is 2.21 bits per heavy atom. The van der Waals surface area contributed by atoms with Gasteiger partial charge in [0.1, 0.15) is 6.04 Å². The van der Waals surface area contributed by atoms with Crippen LogP contribution in [0.3, 0.4) is 0 Å². The molecule has 0 heterocycles. The number of carbonyl (C=O) groups is 3. The van der Waals surface area contributed by atoms with Crippen molar-refractivity contribution in [1.29, 1.82) is 0 Å². The van der Waals surface area contributed by atoms with Crippen LogP contribution in [-0.2, 0) is 29.1 Å². The lowest BCUT2D eigenvalue weighted by Gasteiger charge is -2.13. The summed E-state index contributed by atoms with van der Waals surface area (Å²) in [5.74, 6) is -4.10. The standard InChI is InChI=1S/C9H15NO8S/c1-18-8(13)4-5-19(16,17)10-6(9(14)15)2-3-7(11)12/h6,10H,2-5H2,1H3,(H,11,12)(H,14,15). The second-order valence-electron chi connectivity index (χ2n) is 3.59. The van der Waals surface area contributed by atoms with Gasteiger partial charge in [-0.2, -0.15) is 0 Å². The van der Waals surface area contributed by atoms with Crippen molar-refractivity contribution in [3.05, 3.63) is 0 Å². The highest BCUT2D eigenvalue weighted by Gasteiger charge is 2.25. The molecule has 0 bridgehead atoms. The maximum atomic E-state index is 11.5. The molecule has 0 aromatic rings. The van der Waals surface area contributed by atoms with Gasteiger partial charge < -0.3 is 14.9 Å². The Labute approximate surface area is 109 Å². The highest BCUT2D eigenvalue weighted by molar-refractivity contribution is 7.89. The van der Waals surface area contributed by atoms with Crippen molar-refractivity contribution < 1.29 is 37.8 Å². The number of rotatable bonds is 9. The smallest absolute Gasteiger partial charge is 0.321 e. The van der Waals surface area contributed by atoms with E-state index in [0.29, 0.717) is 0 Å². The summed E-state index contributed by atoms with van der Waals surface area (Å²) in [5.41, 5.74) is 0. The molecular weight excluding hydrogens is 282 g/mol. The van der Waals surface area contributed by atoms with E-state index in [1.807, 2.05) is 4.72 Å². The van der Waals surface area contributed by atoms with Crippen LogP contribution in [0.4, 0.5) is 0 Å². The predicted molar refractivity (Wildman–Crippen MR) is 61.8 cm³/mol. The summed E-state index contributed by atoms with van der Waals surface area (Å²) in [6.07, 6.45) is -1.30. The first-order valence-electron chi connectivity index (χ1n) is 5.19. The van der Waals surface area contributed by atoms with Crippen molar-refractivity contribution in [2.24, 2.45) is 0 Å². The number of sulfonamides is 1. The maximum Gasteiger partial charge on any atom is 0.321 e. The van der Waals surface area contributed by atoms with E-state index in [9.17, 15) is 22.8 Å². The molecule has 1 atom stereocenters. The Bertz CT molecular complexity index is 443. The van der Waals surface area contributed by atoms with Gasteiger partial charge in [-0.05, 0) is 6.42 Å². The molecule has 1 unspecified atom stereocenters. The van der Waals surface area contributed by atoms with E-state index in [1.54, 1.807) is 0 Å². The minimum absolute atomic E-state index is 0.387. The van der Waals surface area contributed by atoms with Crippen LogP contribution in [0.5, 0.6) is 0 Å². The van der Waals surface area contributed by atoms with E-state index >= 15 is 0 Å². The molecule has 19 heavy (non-hydrogen) atoms. The lowest BCUT2D eigenvalue weighted by Crippen LogP contribution is -2.42. The third kappa shape index (κ3) is 8.11. The highest BCUT2D eigenvalue weighted by Crippen LogP contribution is 2.02. The van der Waals surface area contributed by atoms with Gasteiger partial charge in [-0.15, -0.1) is 0 Å². The average Bonchev–Trinajstić information content (AvgIpc) is 2.31. The van der Waals surface area contributed by atoms with Crippen molar-refractivity contribution in [2.75, 3.05) is 12.9 Å². The van der Waals surface area contributed by atoms with Gasteiger partial charge in [0.25, 0.3) is 0 Å². The number of carboxylic acids is 2. The first kappa shape index (κ1) is 17.3. The summed E-state index contributed by atoms with van der Waals surface area (Å²) in [6.45, 7) is 0. The van der Waals surface area contributed by atoms with Crippen LogP contribution in [0.1, 0.15) is 19.3 Å². The second-order valence-corrected chi connectivity index (χ2v) is 5.46. The van der Waals surface area contributed by atoms with Gasteiger partial charge >= 0.3 is 17.9 Å². The van der Waals surface area contributed by atoms with Crippen LogP contribution in [0, 0.1) is 0 Å². The van der Waals surface area contributed by atoms with Gasteiger partial charge in [0.15, 0.2) is 0 Å². The van der Waals surface area contributed by atoms with Gasteiger partial charge in [0, 0.05) is 6.42 Å². The minimum atomic E-state index is -4.00. The fourth-order valence-corrected chi connectivity index (χ4v) is 2.30. The molecule has 0 aliphatic carbocycles. The Morgan fingerprint density at radius 2 is 1.79 bits per heavy atom. The first-order valence-corrected chi connectivity index (χ1v) is 6.84. The largest absolute Gasteiger partial charge is 0.481 e. The summed E-state index contributed by atoms with van der Waals surface area (Å²) in [5, 5.41) is 17.2. The number of ether oxygens (including phenoxy) is 1. The molecule has 0 saturated heterocycles. The van der Waals surface area contributed by atoms with Crippen LogP contribution >= 0.6 is 0 Å². The quantitative estimate of drug-likeness (QED) is 0.449. The zero-order valence-corrected chi connectivity index (χ0v) is 11.0. The number of hydrogen-bond donors (Lipinski definition) is 3. The third-order valence-electron chi connectivity index (χ3n) is 2.07. The van der Waals surface area contributed by atoms with E-state index in [1.165, 1.54) is 0 Å². The molecule has 0 amide bonds. The Balaban J connectivity index is 4.51. The normalized spacial score (nSPS) is 12.7. The van der Waals surface area contributed by atoms with Gasteiger partial charge in [0.2, 0.25) is 10.0 Å². The van der Waals surface area contributed by atoms with E-state index < -0.39 is 52.6 Å². The highest BCUT2D eigenvalue weighted by atomic mass is 32.2. The Hall–Kier alpha value is -1.68. The maximum absolute atomic E-state index is 11.5. The van der Waals surface area contributed by atoms with Gasteiger partial charge in [-0.3, -0.25) is 14.4 Å². The lowest BCUT2D eigenvalue weighted by atomic mass is 10.2.